The molecular weight excluding hydrogens is 466 g/mol. The average Bonchev–Trinajstić information content (AvgIpc) is 3.20. The van der Waals surface area contributed by atoms with Crippen LogP contribution >= 0.6 is 0 Å². The summed E-state index contributed by atoms with van der Waals surface area (Å²) in [6.07, 6.45) is 9.62. The first-order valence-electron chi connectivity index (χ1n) is 11.7. The summed E-state index contributed by atoms with van der Waals surface area (Å²) >= 11 is 0. The number of sulfonamides is 1. The Morgan fingerprint density at radius 1 is 1.23 bits per heavy atom. The Kier molecular flexibility index (Phi) is 4.99. The van der Waals surface area contributed by atoms with Crippen molar-refractivity contribution in [3.63, 3.8) is 0 Å². The molecule has 0 bridgehead atoms. The van der Waals surface area contributed by atoms with E-state index in [9.17, 15) is 13.2 Å². The minimum atomic E-state index is -3.82. The highest BCUT2D eigenvalue weighted by Gasteiger charge is 2.41. The van der Waals surface area contributed by atoms with Crippen LogP contribution in [0.5, 0.6) is 0 Å². The van der Waals surface area contributed by atoms with Crippen LogP contribution in [0.3, 0.4) is 0 Å². The van der Waals surface area contributed by atoms with Gasteiger partial charge in [0.1, 0.15) is 5.65 Å². The van der Waals surface area contributed by atoms with Gasteiger partial charge in [-0.1, -0.05) is 6.08 Å². The lowest BCUT2D eigenvalue weighted by atomic mass is 9.97. The minimum absolute atomic E-state index is 0.101. The van der Waals surface area contributed by atoms with Gasteiger partial charge >= 0.3 is 0 Å². The van der Waals surface area contributed by atoms with Crippen LogP contribution in [-0.2, 0) is 23.6 Å². The standard InChI is InChI=1S/C24H27N7O3S/c1-24(6-7-24)28-35(33,34)18-11-19(17-3-8-25-9-4-17)22-20(12-18)23(32)30(21-5-10-26-31(21)22)15-16-13-27-29(2)14-16/h3,5,10-14,25,28H,4,6-9,15H2,1-2H3. The molecule has 2 aliphatic rings. The largest absolute Gasteiger partial charge is 0.313 e. The molecule has 35 heavy (non-hydrogen) atoms. The van der Waals surface area contributed by atoms with Gasteiger partial charge in [0.05, 0.1) is 34.7 Å². The van der Waals surface area contributed by atoms with Crippen molar-refractivity contribution < 1.29 is 8.42 Å². The van der Waals surface area contributed by atoms with Gasteiger partial charge in [-0.2, -0.15) is 10.2 Å². The number of rotatable bonds is 6. The fourth-order valence-corrected chi connectivity index (χ4v) is 6.27. The Morgan fingerprint density at radius 2 is 2.06 bits per heavy atom. The van der Waals surface area contributed by atoms with Gasteiger partial charge in [-0.05, 0) is 50.4 Å². The van der Waals surface area contributed by atoms with E-state index in [1.807, 2.05) is 20.2 Å². The third kappa shape index (κ3) is 3.89. The monoisotopic (exact) mass is 493 g/mol. The maximum Gasteiger partial charge on any atom is 0.262 e. The SMILES string of the molecule is Cn1cc(Cn2c(=O)c3cc(S(=O)(=O)NC4(C)CC4)cc(C4=CCNCC4)c3n3nccc23)cn1. The van der Waals surface area contributed by atoms with Crippen LogP contribution in [0.1, 0.15) is 37.3 Å². The summed E-state index contributed by atoms with van der Waals surface area (Å²) in [6.45, 7) is 3.66. The molecule has 10 nitrogen and oxygen atoms in total. The van der Waals surface area contributed by atoms with Crippen molar-refractivity contribution in [1.29, 1.82) is 0 Å². The molecule has 3 aromatic heterocycles. The van der Waals surface area contributed by atoms with E-state index in [0.717, 1.165) is 42.5 Å². The molecule has 1 aromatic carbocycles. The first-order valence-corrected chi connectivity index (χ1v) is 13.2. The molecule has 1 fully saturated rings. The van der Waals surface area contributed by atoms with Gasteiger partial charge in [-0.15, -0.1) is 0 Å². The maximum absolute atomic E-state index is 13.9. The lowest BCUT2D eigenvalue weighted by Gasteiger charge is -2.20. The summed E-state index contributed by atoms with van der Waals surface area (Å²) in [5.74, 6) is 0. The fourth-order valence-electron chi connectivity index (χ4n) is 4.75. The van der Waals surface area contributed by atoms with Crippen molar-refractivity contribution in [2.24, 2.45) is 7.05 Å². The van der Waals surface area contributed by atoms with Gasteiger partial charge in [0.25, 0.3) is 5.56 Å². The summed E-state index contributed by atoms with van der Waals surface area (Å²) in [6, 6.07) is 5.00. The van der Waals surface area contributed by atoms with Crippen molar-refractivity contribution >= 4 is 32.1 Å². The molecule has 6 rings (SSSR count). The summed E-state index contributed by atoms with van der Waals surface area (Å²) in [7, 11) is -1.99. The van der Waals surface area contributed by atoms with E-state index in [1.165, 1.54) is 6.07 Å². The van der Waals surface area contributed by atoms with Crippen LogP contribution in [-0.4, -0.2) is 51.0 Å². The molecule has 1 aliphatic carbocycles. The lowest BCUT2D eigenvalue weighted by Crippen LogP contribution is -2.34. The number of hydrogen-bond acceptors (Lipinski definition) is 6. The van der Waals surface area contributed by atoms with Crippen LogP contribution < -0.4 is 15.6 Å². The first-order chi connectivity index (χ1) is 16.7. The second-order valence-electron chi connectivity index (χ2n) is 9.73. The van der Waals surface area contributed by atoms with E-state index >= 15 is 0 Å². The molecule has 0 spiro atoms. The number of hydrogen-bond donors (Lipinski definition) is 2. The summed E-state index contributed by atoms with van der Waals surface area (Å²) in [5, 5.41) is 12.4. The Bertz CT molecular complexity index is 1670. The van der Waals surface area contributed by atoms with Crippen molar-refractivity contribution in [2.45, 2.75) is 43.2 Å². The van der Waals surface area contributed by atoms with E-state index in [2.05, 4.69) is 26.3 Å². The predicted molar refractivity (Wildman–Crippen MR) is 133 cm³/mol. The predicted octanol–water partition coefficient (Wildman–Crippen LogP) is 1.64. The highest BCUT2D eigenvalue weighted by Crippen LogP contribution is 2.37. The molecular formula is C24H27N7O3S. The molecule has 0 radical (unpaired) electrons. The summed E-state index contributed by atoms with van der Waals surface area (Å²) in [4.78, 5) is 14.0. The number of nitrogens with one attached hydrogen (secondary N) is 2. The van der Waals surface area contributed by atoms with Crippen LogP contribution in [0.4, 0.5) is 0 Å². The summed E-state index contributed by atoms with van der Waals surface area (Å²) < 4.78 is 34.7. The zero-order valence-corrected chi connectivity index (χ0v) is 20.5. The zero-order valence-electron chi connectivity index (χ0n) is 19.7. The van der Waals surface area contributed by atoms with Gasteiger partial charge in [0, 0.05) is 42.5 Å². The second kappa shape index (κ2) is 7.87. The summed E-state index contributed by atoms with van der Waals surface area (Å²) in [5.41, 5.74) is 3.18. The normalized spacial score (nSPS) is 17.7. The Morgan fingerprint density at radius 3 is 2.74 bits per heavy atom. The molecule has 0 unspecified atom stereocenters. The molecule has 0 atom stereocenters. The Hall–Kier alpha value is -3.28. The first kappa shape index (κ1) is 22.2. The lowest BCUT2D eigenvalue weighted by molar-refractivity contribution is 0.558. The van der Waals surface area contributed by atoms with E-state index in [-0.39, 0.29) is 10.5 Å². The fraction of sp³-hybridized carbons (Fsp3) is 0.375. The van der Waals surface area contributed by atoms with Crippen molar-refractivity contribution in [3.8, 4) is 0 Å². The van der Waals surface area contributed by atoms with Crippen molar-refractivity contribution in [2.75, 3.05) is 13.1 Å². The number of benzene rings is 1. The maximum atomic E-state index is 13.9. The molecule has 4 heterocycles. The highest BCUT2D eigenvalue weighted by atomic mass is 32.2. The molecule has 182 valence electrons. The van der Waals surface area contributed by atoms with Crippen LogP contribution in [0.25, 0.3) is 22.1 Å². The Balaban J connectivity index is 1.64. The van der Waals surface area contributed by atoms with Crippen molar-refractivity contribution in [3.05, 3.63) is 64.3 Å². The average molecular weight is 494 g/mol. The molecule has 0 amide bonds. The number of nitrogens with zero attached hydrogens (tertiary/aromatic N) is 5. The molecule has 11 heteroatoms. The smallest absolute Gasteiger partial charge is 0.262 e. The van der Waals surface area contributed by atoms with Gasteiger partial charge in [0.2, 0.25) is 10.0 Å². The third-order valence-electron chi connectivity index (χ3n) is 6.87. The quantitative estimate of drug-likeness (QED) is 0.422. The van der Waals surface area contributed by atoms with Gasteiger partial charge < -0.3 is 5.32 Å². The highest BCUT2D eigenvalue weighted by molar-refractivity contribution is 7.89. The van der Waals surface area contributed by atoms with E-state index in [4.69, 9.17) is 0 Å². The topological polar surface area (TPSA) is 115 Å². The number of fused-ring (bicyclic) bond motifs is 3. The van der Waals surface area contributed by atoms with Crippen molar-refractivity contribution in [1.82, 2.24) is 34.0 Å². The molecule has 1 aliphatic heterocycles. The molecule has 1 saturated carbocycles. The molecule has 2 N–H and O–H groups in total. The molecule has 0 saturated heterocycles. The van der Waals surface area contributed by atoms with Gasteiger partial charge in [-0.3, -0.25) is 14.0 Å². The number of aromatic nitrogens is 5. The number of aryl methyl sites for hydroxylation is 1. The van der Waals surface area contributed by atoms with Crippen LogP contribution in [0.15, 0.2) is 52.6 Å². The Labute approximate surface area is 202 Å². The van der Waals surface area contributed by atoms with Crippen LogP contribution in [0.2, 0.25) is 0 Å². The minimum Gasteiger partial charge on any atom is -0.313 e. The van der Waals surface area contributed by atoms with E-state index in [1.54, 1.807) is 38.3 Å². The zero-order chi connectivity index (χ0) is 24.4. The van der Waals surface area contributed by atoms with E-state index in [0.29, 0.717) is 29.6 Å². The van der Waals surface area contributed by atoms with Crippen LogP contribution in [0, 0.1) is 0 Å². The third-order valence-corrected chi connectivity index (χ3v) is 8.49. The van der Waals surface area contributed by atoms with E-state index < -0.39 is 15.6 Å². The van der Waals surface area contributed by atoms with Gasteiger partial charge in [0.15, 0.2) is 0 Å². The second-order valence-corrected chi connectivity index (χ2v) is 11.4. The molecule has 4 aromatic rings. The van der Waals surface area contributed by atoms with Gasteiger partial charge in [-0.25, -0.2) is 17.7 Å².